The number of hydrogen-bond acceptors (Lipinski definition) is 3. The molecule has 0 atom stereocenters. The summed E-state index contributed by atoms with van der Waals surface area (Å²) in [6, 6.07) is 18.0. The fourth-order valence-electron chi connectivity index (χ4n) is 2.76. The monoisotopic (exact) mass is 350 g/mol. The zero-order valence-electron chi connectivity index (χ0n) is 13.0. The molecule has 0 radical (unpaired) electrons. The Kier molecular flexibility index (Phi) is 3.75. The van der Waals surface area contributed by atoms with Gasteiger partial charge in [0.1, 0.15) is 0 Å². The smallest absolute Gasteiger partial charge is 0.270 e. The summed E-state index contributed by atoms with van der Waals surface area (Å²) in [5.74, 6) is -0.0681. The Labute approximate surface area is 149 Å². The van der Waals surface area contributed by atoms with E-state index in [1.54, 1.807) is 4.90 Å². The zero-order valence-corrected chi connectivity index (χ0v) is 14.6. The average Bonchev–Trinajstić information content (AvgIpc) is 3.11. The predicted molar refractivity (Wildman–Crippen MR) is 105 cm³/mol. The summed E-state index contributed by atoms with van der Waals surface area (Å²) in [6.45, 7) is 0. The number of carbonyl (C=O) groups excluding carboxylic acids is 1. The molecule has 1 fully saturated rings. The maximum Gasteiger partial charge on any atom is 0.270 e. The van der Waals surface area contributed by atoms with Gasteiger partial charge in [-0.1, -0.05) is 54.3 Å². The number of aryl methyl sites for hydroxylation is 1. The van der Waals surface area contributed by atoms with Crippen molar-refractivity contribution in [1.82, 2.24) is 4.57 Å². The van der Waals surface area contributed by atoms with Crippen molar-refractivity contribution in [3.63, 3.8) is 0 Å². The number of benzene rings is 2. The lowest BCUT2D eigenvalue weighted by molar-refractivity contribution is -0.113. The van der Waals surface area contributed by atoms with Gasteiger partial charge in [0, 0.05) is 18.9 Å². The van der Waals surface area contributed by atoms with Crippen molar-refractivity contribution in [3.8, 4) is 0 Å². The van der Waals surface area contributed by atoms with E-state index in [1.807, 2.05) is 72.4 Å². The van der Waals surface area contributed by atoms with Crippen molar-refractivity contribution >= 4 is 56.7 Å². The molecule has 24 heavy (non-hydrogen) atoms. The van der Waals surface area contributed by atoms with Crippen LogP contribution in [-0.4, -0.2) is 14.8 Å². The number of fused-ring (bicyclic) bond motifs is 1. The third-order valence-corrected chi connectivity index (χ3v) is 5.35. The van der Waals surface area contributed by atoms with Crippen molar-refractivity contribution in [2.24, 2.45) is 7.05 Å². The summed E-state index contributed by atoms with van der Waals surface area (Å²) in [5, 5.41) is 2.24. The first kappa shape index (κ1) is 15.2. The molecule has 2 aromatic carbocycles. The third-order valence-electron chi connectivity index (χ3n) is 4.05. The van der Waals surface area contributed by atoms with Crippen molar-refractivity contribution < 1.29 is 4.79 Å². The summed E-state index contributed by atoms with van der Waals surface area (Å²) in [5.41, 5.74) is 1.79. The van der Waals surface area contributed by atoms with E-state index in [0.717, 1.165) is 22.2 Å². The second-order valence-corrected chi connectivity index (χ2v) is 7.27. The maximum atomic E-state index is 12.8. The Bertz CT molecular complexity index is 1000. The molecule has 3 aromatic rings. The van der Waals surface area contributed by atoms with E-state index < -0.39 is 0 Å². The number of nitrogens with zero attached hydrogens (tertiary/aromatic N) is 2. The second kappa shape index (κ2) is 5.92. The highest BCUT2D eigenvalue weighted by Gasteiger charge is 2.33. The van der Waals surface area contributed by atoms with E-state index in [0.29, 0.717) is 9.23 Å². The quantitative estimate of drug-likeness (QED) is 0.499. The van der Waals surface area contributed by atoms with Gasteiger partial charge in [-0.2, -0.15) is 0 Å². The highest BCUT2D eigenvalue weighted by Crippen LogP contribution is 2.36. The van der Waals surface area contributed by atoms with Gasteiger partial charge in [-0.3, -0.25) is 9.69 Å². The van der Waals surface area contributed by atoms with Gasteiger partial charge in [-0.05, 0) is 41.1 Å². The number of thioether (sulfide) groups is 1. The molecule has 0 N–H and O–H groups in total. The van der Waals surface area contributed by atoms with Crippen molar-refractivity contribution in [2.45, 2.75) is 0 Å². The molecule has 5 heteroatoms. The minimum absolute atomic E-state index is 0.0681. The first-order valence-corrected chi connectivity index (χ1v) is 8.74. The molecule has 0 saturated carbocycles. The number of carbonyl (C=O) groups is 1. The van der Waals surface area contributed by atoms with Gasteiger partial charge in [0.05, 0.1) is 10.6 Å². The van der Waals surface area contributed by atoms with E-state index in [2.05, 4.69) is 6.07 Å². The van der Waals surface area contributed by atoms with Gasteiger partial charge in [0.25, 0.3) is 5.91 Å². The Morgan fingerprint density at radius 1 is 1.04 bits per heavy atom. The van der Waals surface area contributed by atoms with Crippen LogP contribution in [0.5, 0.6) is 0 Å². The summed E-state index contributed by atoms with van der Waals surface area (Å²) in [4.78, 5) is 15.1. The van der Waals surface area contributed by atoms with Gasteiger partial charge in [-0.15, -0.1) is 0 Å². The van der Waals surface area contributed by atoms with Crippen LogP contribution < -0.4 is 4.90 Å². The molecule has 1 aromatic heterocycles. The largest absolute Gasteiger partial charge is 0.351 e. The number of hydrogen-bond donors (Lipinski definition) is 0. The summed E-state index contributed by atoms with van der Waals surface area (Å²) in [7, 11) is 1.95. The van der Waals surface area contributed by atoms with Gasteiger partial charge in [0.15, 0.2) is 4.32 Å². The molecule has 1 aliphatic rings. The zero-order chi connectivity index (χ0) is 16.7. The van der Waals surface area contributed by atoms with Crippen molar-refractivity contribution in [3.05, 3.63) is 71.4 Å². The van der Waals surface area contributed by atoms with Gasteiger partial charge >= 0.3 is 0 Å². The van der Waals surface area contributed by atoms with E-state index in [9.17, 15) is 4.79 Å². The van der Waals surface area contributed by atoms with E-state index in [1.165, 1.54) is 11.8 Å². The lowest BCUT2D eigenvalue weighted by Crippen LogP contribution is -2.27. The van der Waals surface area contributed by atoms with Crippen LogP contribution in [0.25, 0.3) is 16.8 Å². The molecule has 1 saturated heterocycles. The Morgan fingerprint density at radius 2 is 1.83 bits per heavy atom. The maximum absolute atomic E-state index is 12.8. The molecule has 3 nitrogen and oxygen atoms in total. The number of thiocarbonyl (C=S) groups is 1. The molecule has 1 aliphatic heterocycles. The molecule has 0 bridgehead atoms. The summed E-state index contributed by atoms with van der Waals surface area (Å²) < 4.78 is 2.54. The molecule has 1 amide bonds. The molecular weight excluding hydrogens is 336 g/mol. The topological polar surface area (TPSA) is 25.2 Å². The third kappa shape index (κ3) is 2.56. The highest BCUT2D eigenvalue weighted by atomic mass is 32.2. The molecule has 0 aliphatic carbocycles. The first-order valence-electron chi connectivity index (χ1n) is 7.51. The van der Waals surface area contributed by atoms with Crippen molar-refractivity contribution in [2.75, 3.05) is 4.90 Å². The molecule has 0 spiro atoms. The first-order chi connectivity index (χ1) is 11.6. The average molecular weight is 350 g/mol. The van der Waals surface area contributed by atoms with E-state index in [4.69, 9.17) is 12.2 Å². The van der Waals surface area contributed by atoms with Crippen LogP contribution in [0, 0.1) is 0 Å². The minimum Gasteiger partial charge on any atom is -0.351 e. The summed E-state index contributed by atoms with van der Waals surface area (Å²) in [6.07, 6.45) is 3.84. The standard InChI is InChI=1S/C19H14N2OS2/c1-20-10-4-7-15(20)12-17-18(22)21(19(23)24-17)16-9-8-13-5-2-3-6-14(13)11-16/h2-12H,1H3/b17-12-. The van der Waals surface area contributed by atoms with Gasteiger partial charge in [-0.25, -0.2) is 0 Å². The van der Waals surface area contributed by atoms with E-state index >= 15 is 0 Å². The number of aromatic nitrogens is 1. The predicted octanol–water partition coefficient (Wildman–Crippen LogP) is 4.58. The lowest BCUT2D eigenvalue weighted by Gasteiger charge is -2.15. The molecular formula is C19H14N2OS2. The molecule has 4 rings (SSSR count). The Balaban J connectivity index is 1.73. The van der Waals surface area contributed by atoms with Gasteiger partial charge in [0.2, 0.25) is 0 Å². The summed E-state index contributed by atoms with van der Waals surface area (Å²) >= 11 is 6.79. The highest BCUT2D eigenvalue weighted by molar-refractivity contribution is 8.27. The molecule has 118 valence electrons. The van der Waals surface area contributed by atoms with Gasteiger partial charge < -0.3 is 4.57 Å². The minimum atomic E-state index is -0.0681. The van der Waals surface area contributed by atoms with Crippen LogP contribution in [0.2, 0.25) is 0 Å². The molecule has 2 heterocycles. The number of rotatable bonds is 2. The number of amides is 1. The fourth-order valence-corrected chi connectivity index (χ4v) is 4.05. The van der Waals surface area contributed by atoms with Crippen LogP contribution in [0.3, 0.4) is 0 Å². The SMILES string of the molecule is Cn1cccc1/C=C1\SC(=S)N(c2ccc3ccccc3c2)C1=O. The second-order valence-electron chi connectivity index (χ2n) is 5.59. The Hall–Kier alpha value is -2.37. The normalized spacial score (nSPS) is 16.5. The molecule has 0 unspecified atom stereocenters. The number of anilines is 1. The van der Waals surface area contributed by atoms with Crippen LogP contribution in [-0.2, 0) is 11.8 Å². The Morgan fingerprint density at radius 3 is 2.58 bits per heavy atom. The van der Waals surface area contributed by atoms with Crippen LogP contribution in [0.1, 0.15) is 5.69 Å². The van der Waals surface area contributed by atoms with Crippen molar-refractivity contribution in [1.29, 1.82) is 0 Å². The lowest BCUT2D eigenvalue weighted by atomic mass is 10.1. The van der Waals surface area contributed by atoms with E-state index in [-0.39, 0.29) is 5.91 Å². The fraction of sp³-hybridized carbons (Fsp3) is 0.0526. The van der Waals surface area contributed by atoms with Crippen LogP contribution >= 0.6 is 24.0 Å². The van der Waals surface area contributed by atoms with Crippen LogP contribution in [0.15, 0.2) is 65.7 Å². The van der Waals surface area contributed by atoms with Crippen LogP contribution in [0.4, 0.5) is 5.69 Å².